The van der Waals surface area contributed by atoms with Crippen LogP contribution in [-0.2, 0) is 14.9 Å². The van der Waals surface area contributed by atoms with Crippen LogP contribution >= 0.6 is 0 Å². The topological polar surface area (TPSA) is 64.4 Å². The Morgan fingerprint density at radius 2 is 1.80 bits per heavy atom. The van der Waals surface area contributed by atoms with E-state index in [2.05, 4.69) is 29.6 Å². The van der Waals surface area contributed by atoms with Crippen molar-refractivity contribution >= 4 is 5.91 Å². The Morgan fingerprint density at radius 1 is 1.15 bits per heavy atom. The van der Waals surface area contributed by atoms with E-state index in [1.165, 1.54) is 5.56 Å². The van der Waals surface area contributed by atoms with Crippen LogP contribution in [0.4, 0.5) is 0 Å². The molecule has 2 aliphatic rings. The third-order valence-electron chi connectivity index (χ3n) is 4.66. The van der Waals surface area contributed by atoms with Crippen molar-refractivity contribution in [1.82, 2.24) is 5.32 Å². The van der Waals surface area contributed by atoms with Crippen LogP contribution in [0.15, 0.2) is 30.3 Å². The lowest BCUT2D eigenvalue weighted by atomic mass is 9.89. The molecule has 0 unspecified atom stereocenters. The van der Waals surface area contributed by atoms with Crippen molar-refractivity contribution in [1.29, 1.82) is 0 Å². The zero-order valence-corrected chi connectivity index (χ0v) is 11.7. The molecule has 1 saturated carbocycles. The molecule has 3 N–H and O–H groups in total. The quantitative estimate of drug-likeness (QED) is 0.871. The molecule has 1 aliphatic carbocycles. The second-order valence-electron chi connectivity index (χ2n) is 6.10. The Morgan fingerprint density at radius 3 is 2.40 bits per heavy atom. The number of carbonyl (C=O) groups is 1. The molecule has 0 bridgehead atoms. The number of rotatable bonds is 4. The van der Waals surface area contributed by atoms with Crippen LogP contribution < -0.4 is 11.1 Å². The molecular formula is C16H22N2O2. The number of hydrogen-bond donors (Lipinski definition) is 2. The fourth-order valence-corrected chi connectivity index (χ4v) is 2.90. The van der Waals surface area contributed by atoms with Crippen LogP contribution in [0.25, 0.3) is 0 Å². The van der Waals surface area contributed by atoms with Crippen molar-refractivity contribution in [3.05, 3.63) is 35.9 Å². The summed E-state index contributed by atoms with van der Waals surface area (Å²) in [6.45, 7) is 1.84. The highest BCUT2D eigenvalue weighted by Crippen LogP contribution is 2.47. The summed E-state index contributed by atoms with van der Waals surface area (Å²) in [6.07, 6.45) is 3.49. The molecule has 1 heterocycles. The number of carbonyl (C=O) groups excluding carboxylic acids is 1. The molecule has 3 rings (SSSR count). The molecule has 0 aromatic heterocycles. The van der Waals surface area contributed by atoms with Crippen LogP contribution in [0.1, 0.15) is 31.2 Å². The van der Waals surface area contributed by atoms with Crippen molar-refractivity contribution in [2.45, 2.75) is 36.6 Å². The Labute approximate surface area is 119 Å². The molecule has 1 aliphatic heterocycles. The van der Waals surface area contributed by atoms with Crippen LogP contribution in [0, 0.1) is 0 Å². The predicted octanol–water partition coefficient (Wildman–Crippen LogP) is 1.34. The van der Waals surface area contributed by atoms with Gasteiger partial charge in [0.25, 0.3) is 0 Å². The van der Waals surface area contributed by atoms with Gasteiger partial charge in [0.05, 0.1) is 5.54 Å². The molecule has 2 fully saturated rings. The van der Waals surface area contributed by atoms with E-state index in [4.69, 9.17) is 10.5 Å². The molecule has 108 valence electrons. The van der Waals surface area contributed by atoms with Crippen LogP contribution in [0.3, 0.4) is 0 Å². The van der Waals surface area contributed by atoms with Gasteiger partial charge in [0.1, 0.15) is 0 Å². The summed E-state index contributed by atoms with van der Waals surface area (Å²) < 4.78 is 5.28. The molecule has 20 heavy (non-hydrogen) atoms. The van der Waals surface area contributed by atoms with E-state index in [0.29, 0.717) is 32.6 Å². The standard InChI is InChI=1S/C16H22N2O2/c17-16(8-10-20-11-9-16)14(19)18-12-15(6-7-15)13-4-2-1-3-5-13/h1-5H,6-12,17H2,(H,18,19). The van der Waals surface area contributed by atoms with E-state index in [1.807, 2.05) is 6.07 Å². The number of amides is 1. The monoisotopic (exact) mass is 274 g/mol. The summed E-state index contributed by atoms with van der Waals surface area (Å²) in [7, 11) is 0. The van der Waals surface area contributed by atoms with E-state index < -0.39 is 5.54 Å². The van der Waals surface area contributed by atoms with Gasteiger partial charge < -0.3 is 15.8 Å². The van der Waals surface area contributed by atoms with E-state index in [1.54, 1.807) is 0 Å². The maximum Gasteiger partial charge on any atom is 0.240 e. The lowest BCUT2D eigenvalue weighted by molar-refractivity contribution is -0.129. The van der Waals surface area contributed by atoms with E-state index in [0.717, 1.165) is 12.8 Å². The molecule has 1 saturated heterocycles. The van der Waals surface area contributed by atoms with Crippen molar-refractivity contribution < 1.29 is 9.53 Å². The Kier molecular flexibility index (Phi) is 3.52. The van der Waals surface area contributed by atoms with E-state index in [-0.39, 0.29) is 11.3 Å². The summed E-state index contributed by atoms with van der Waals surface area (Å²) in [4.78, 5) is 12.3. The van der Waals surface area contributed by atoms with Gasteiger partial charge in [-0.25, -0.2) is 0 Å². The Hall–Kier alpha value is -1.39. The lowest BCUT2D eigenvalue weighted by Gasteiger charge is -2.32. The average molecular weight is 274 g/mol. The highest BCUT2D eigenvalue weighted by Gasteiger charge is 2.45. The number of benzene rings is 1. The first-order chi connectivity index (χ1) is 9.65. The molecule has 0 atom stereocenters. The normalized spacial score (nSPS) is 23.1. The molecule has 1 aromatic carbocycles. The number of hydrogen-bond acceptors (Lipinski definition) is 3. The van der Waals surface area contributed by atoms with Gasteiger partial charge in [0.15, 0.2) is 0 Å². The maximum atomic E-state index is 12.3. The summed E-state index contributed by atoms with van der Waals surface area (Å²) in [5.74, 6) is -0.0250. The molecule has 1 amide bonds. The predicted molar refractivity (Wildman–Crippen MR) is 77.3 cm³/mol. The first kappa shape index (κ1) is 13.6. The molecule has 4 heteroatoms. The van der Waals surface area contributed by atoms with Crippen molar-refractivity contribution in [2.75, 3.05) is 19.8 Å². The third kappa shape index (κ3) is 2.58. The van der Waals surface area contributed by atoms with Gasteiger partial charge in [0, 0.05) is 25.2 Å². The first-order valence-corrected chi connectivity index (χ1v) is 7.35. The molecule has 0 spiro atoms. The highest BCUT2D eigenvalue weighted by atomic mass is 16.5. The van der Waals surface area contributed by atoms with Crippen LogP contribution in [-0.4, -0.2) is 31.2 Å². The van der Waals surface area contributed by atoms with Gasteiger partial charge in [-0.1, -0.05) is 30.3 Å². The van der Waals surface area contributed by atoms with Gasteiger partial charge in [-0.3, -0.25) is 4.79 Å². The fourth-order valence-electron chi connectivity index (χ4n) is 2.90. The second kappa shape index (κ2) is 5.19. The van der Waals surface area contributed by atoms with E-state index in [9.17, 15) is 4.79 Å². The summed E-state index contributed by atoms with van der Waals surface area (Å²) in [5, 5.41) is 3.07. The minimum Gasteiger partial charge on any atom is -0.381 e. The lowest BCUT2D eigenvalue weighted by Crippen LogP contribution is -2.57. The SMILES string of the molecule is NC1(C(=O)NCC2(c3ccccc3)CC2)CCOCC1. The Bertz CT molecular complexity index is 477. The van der Waals surface area contributed by atoms with Crippen molar-refractivity contribution in [2.24, 2.45) is 5.73 Å². The van der Waals surface area contributed by atoms with Gasteiger partial charge in [-0.2, -0.15) is 0 Å². The van der Waals surface area contributed by atoms with E-state index >= 15 is 0 Å². The van der Waals surface area contributed by atoms with Crippen molar-refractivity contribution in [3.63, 3.8) is 0 Å². The number of nitrogens with one attached hydrogen (secondary N) is 1. The Balaban J connectivity index is 1.61. The smallest absolute Gasteiger partial charge is 0.240 e. The van der Waals surface area contributed by atoms with Crippen LogP contribution in [0.2, 0.25) is 0 Å². The largest absolute Gasteiger partial charge is 0.381 e. The first-order valence-electron chi connectivity index (χ1n) is 7.35. The summed E-state index contributed by atoms with van der Waals surface area (Å²) in [6, 6.07) is 10.4. The van der Waals surface area contributed by atoms with Gasteiger partial charge >= 0.3 is 0 Å². The van der Waals surface area contributed by atoms with Crippen molar-refractivity contribution in [3.8, 4) is 0 Å². The molecule has 4 nitrogen and oxygen atoms in total. The fraction of sp³-hybridized carbons (Fsp3) is 0.562. The number of nitrogens with two attached hydrogens (primary N) is 1. The van der Waals surface area contributed by atoms with Gasteiger partial charge in [-0.15, -0.1) is 0 Å². The summed E-state index contributed by atoms with van der Waals surface area (Å²) in [5.41, 5.74) is 6.91. The average Bonchev–Trinajstić information content (AvgIpc) is 3.28. The van der Waals surface area contributed by atoms with Crippen LogP contribution in [0.5, 0.6) is 0 Å². The van der Waals surface area contributed by atoms with Gasteiger partial charge in [0.2, 0.25) is 5.91 Å². The number of ether oxygens (including phenoxy) is 1. The zero-order chi connectivity index (χ0) is 14.1. The molecule has 1 aromatic rings. The minimum absolute atomic E-state index is 0.0250. The third-order valence-corrected chi connectivity index (χ3v) is 4.66. The zero-order valence-electron chi connectivity index (χ0n) is 11.7. The second-order valence-corrected chi connectivity index (χ2v) is 6.10. The minimum atomic E-state index is -0.745. The van der Waals surface area contributed by atoms with Gasteiger partial charge in [-0.05, 0) is 31.2 Å². The molecule has 0 radical (unpaired) electrons. The highest BCUT2D eigenvalue weighted by molar-refractivity contribution is 5.86. The maximum absolute atomic E-state index is 12.3. The summed E-state index contributed by atoms with van der Waals surface area (Å²) >= 11 is 0. The molecular weight excluding hydrogens is 252 g/mol.